The Kier molecular flexibility index (Phi) is 7.78. The Morgan fingerprint density at radius 2 is 2.20 bits per heavy atom. The second-order valence-electron chi connectivity index (χ2n) is 5.63. The molecular weight excluding hydrogens is 318 g/mol. The highest BCUT2D eigenvalue weighted by molar-refractivity contribution is 5.93. The number of aryl methyl sites for hydroxylation is 1. The maximum atomic E-state index is 5.71. The van der Waals surface area contributed by atoms with Crippen LogP contribution in [0.5, 0.6) is 5.75 Å². The van der Waals surface area contributed by atoms with Crippen LogP contribution < -0.4 is 15.4 Å². The average molecular weight is 345 g/mol. The Balaban J connectivity index is 1.79. The summed E-state index contributed by atoms with van der Waals surface area (Å²) in [5.74, 6) is 1.53. The van der Waals surface area contributed by atoms with Gasteiger partial charge in [0.2, 0.25) is 0 Å². The van der Waals surface area contributed by atoms with Crippen molar-refractivity contribution in [3.8, 4) is 5.75 Å². The van der Waals surface area contributed by atoms with Crippen LogP contribution in [0.15, 0.2) is 41.7 Å². The molecule has 0 saturated carbocycles. The Hall–Kier alpha value is -2.54. The lowest BCUT2D eigenvalue weighted by atomic mass is 10.3. The van der Waals surface area contributed by atoms with E-state index in [1.807, 2.05) is 48.3 Å². The molecule has 0 amide bonds. The molecule has 0 atom stereocenters. The Labute approximate surface area is 149 Å². The SMILES string of the molecule is CN=C(NCCn1cc(C)cn1)Nc1cccc(OCCCOC)c1. The molecule has 7 heteroatoms. The molecule has 0 saturated heterocycles. The van der Waals surface area contributed by atoms with E-state index in [-0.39, 0.29) is 0 Å². The van der Waals surface area contributed by atoms with Crippen molar-refractivity contribution in [3.63, 3.8) is 0 Å². The molecule has 2 aromatic rings. The van der Waals surface area contributed by atoms with Crippen LogP contribution in [0.25, 0.3) is 0 Å². The molecule has 1 aromatic heterocycles. The highest BCUT2D eigenvalue weighted by atomic mass is 16.5. The molecule has 136 valence electrons. The molecule has 0 spiro atoms. The van der Waals surface area contributed by atoms with Crippen LogP contribution in [0.3, 0.4) is 0 Å². The quantitative estimate of drug-likeness (QED) is 0.414. The number of guanidine groups is 1. The smallest absolute Gasteiger partial charge is 0.195 e. The largest absolute Gasteiger partial charge is 0.493 e. The van der Waals surface area contributed by atoms with E-state index < -0.39 is 0 Å². The summed E-state index contributed by atoms with van der Waals surface area (Å²) in [6.07, 6.45) is 4.73. The minimum Gasteiger partial charge on any atom is -0.493 e. The van der Waals surface area contributed by atoms with Gasteiger partial charge in [-0.3, -0.25) is 9.67 Å². The predicted molar refractivity (Wildman–Crippen MR) is 100 cm³/mol. The van der Waals surface area contributed by atoms with E-state index in [4.69, 9.17) is 9.47 Å². The van der Waals surface area contributed by atoms with Gasteiger partial charge < -0.3 is 20.1 Å². The van der Waals surface area contributed by atoms with Crippen molar-refractivity contribution in [2.24, 2.45) is 4.99 Å². The maximum absolute atomic E-state index is 5.71. The lowest BCUT2D eigenvalue weighted by molar-refractivity contribution is 0.172. The lowest BCUT2D eigenvalue weighted by Gasteiger charge is -2.13. The van der Waals surface area contributed by atoms with Crippen molar-refractivity contribution >= 4 is 11.6 Å². The Bertz CT molecular complexity index is 669. The molecule has 25 heavy (non-hydrogen) atoms. The van der Waals surface area contributed by atoms with Gasteiger partial charge in [-0.05, 0) is 24.6 Å². The predicted octanol–water partition coefficient (Wildman–Crippen LogP) is 2.29. The van der Waals surface area contributed by atoms with E-state index in [9.17, 15) is 0 Å². The van der Waals surface area contributed by atoms with Gasteiger partial charge in [0.15, 0.2) is 5.96 Å². The van der Waals surface area contributed by atoms with Crippen molar-refractivity contribution in [1.82, 2.24) is 15.1 Å². The number of hydrogen-bond acceptors (Lipinski definition) is 4. The van der Waals surface area contributed by atoms with Gasteiger partial charge in [-0.2, -0.15) is 5.10 Å². The zero-order chi connectivity index (χ0) is 17.9. The first-order valence-electron chi connectivity index (χ1n) is 8.40. The van der Waals surface area contributed by atoms with Gasteiger partial charge >= 0.3 is 0 Å². The molecule has 0 unspecified atom stereocenters. The summed E-state index contributed by atoms with van der Waals surface area (Å²) in [6.45, 7) is 4.87. The monoisotopic (exact) mass is 345 g/mol. The molecule has 0 radical (unpaired) electrons. The molecule has 0 aliphatic carbocycles. The molecule has 2 N–H and O–H groups in total. The van der Waals surface area contributed by atoms with Gasteiger partial charge in [-0.15, -0.1) is 0 Å². The first kappa shape index (κ1) is 18.8. The molecule has 7 nitrogen and oxygen atoms in total. The molecule has 0 bridgehead atoms. The Morgan fingerprint density at radius 3 is 2.92 bits per heavy atom. The number of benzene rings is 1. The van der Waals surface area contributed by atoms with E-state index >= 15 is 0 Å². The summed E-state index contributed by atoms with van der Waals surface area (Å²) in [5.41, 5.74) is 2.08. The van der Waals surface area contributed by atoms with Crippen LogP contribution in [-0.2, 0) is 11.3 Å². The second kappa shape index (κ2) is 10.4. The first-order valence-corrected chi connectivity index (χ1v) is 8.40. The number of nitrogens with zero attached hydrogens (tertiary/aromatic N) is 3. The van der Waals surface area contributed by atoms with E-state index in [0.717, 1.165) is 36.5 Å². The third-order valence-corrected chi connectivity index (χ3v) is 3.48. The maximum Gasteiger partial charge on any atom is 0.195 e. The molecule has 2 rings (SSSR count). The summed E-state index contributed by atoms with van der Waals surface area (Å²) >= 11 is 0. The van der Waals surface area contributed by atoms with Crippen LogP contribution >= 0.6 is 0 Å². The number of hydrogen-bond donors (Lipinski definition) is 2. The number of methoxy groups -OCH3 is 1. The van der Waals surface area contributed by atoms with Gasteiger partial charge in [0.05, 0.1) is 19.3 Å². The normalized spacial score (nSPS) is 11.4. The average Bonchev–Trinajstić information content (AvgIpc) is 3.03. The van der Waals surface area contributed by atoms with Crippen LogP contribution in [0.2, 0.25) is 0 Å². The minimum absolute atomic E-state index is 0.632. The van der Waals surface area contributed by atoms with E-state index in [2.05, 4.69) is 20.7 Å². The standard InChI is InChI=1S/C18H27N5O2/c1-15-13-21-23(14-15)9-8-20-18(19-2)22-16-6-4-7-17(12-16)25-11-5-10-24-3/h4,6-7,12-14H,5,8-11H2,1-3H3,(H2,19,20,22). The summed E-state index contributed by atoms with van der Waals surface area (Å²) in [6, 6.07) is 7.82. The zero-order valence-electron chi connectivity index (χ0n) is 15.2. The summed E-state index contributed by atoms with van der Waals surface area (Å²) in [5, 5.41) is 10.8. The van der Waals surface area contributed by atoms with Gasteiger partial charge in [0.25, 0.3) is 0 Å². The first-order chi connectivity index (χ1) is 12.2. The number of ether oxygens (including phenoxy) is 2. The summed E-state index contributed by atoms with van der Waals surface area (Å²) < 4.78 is 12.6. The molecule has 1 heterocycles. The summed E-state index contributed by atoms with van der Waals surface area (Å²) in [7, 11) is 3.44. The van der Waals surface area contributed by atoms with Gasteiger partial charge in [-0.25, -0.2) is 0 Å². The molecule has 0 aliphatic heterocycles. The molecule has 0 fully saturated rings. The van der Waals surface area contributed by atoms with Crippen molar-refractivity contribution in [2.45, 2.75) is 19.9 Å². The molecule has 0 aliphatic rings. The van der Waals surface area contributed by atoms with Crippen LogP contribution in [0.1, 0.15) is 12.0 Å². The van der Waals surface area contributed by atoms with Gasteiger partial charge in [-0.1, -0.05) is 6.07 Å². The molecular formula is C18H27N5O2. The highest BCUT2D eigenvalue weighted by Gasteiger charge is 2.02. The van der Waals surface area contributed by atoms with E-state index in [0.29, 0.717) is 19.2 Å². The third-order valence-electron chi connectivity index (χ3n) is 3.48. The zero-order valence-corrected chi connectivity index (χ0v) is 15.2. The van der Waals surface area contributed by atoms with Crippen molar-refractivity contribution in [2.75, 3.05) is 39.2 Å². The Morgan fingerprint density at radius 1 is 1.32 bits per heavy atom. The fourth-order valence-corrected chi connectivity index (χ4v) is 2.25. The second-order valence-corrected chi connectivity index (χ2v) is 5.63. The fraction of sp³-hybridized carbons (Fsp3) is 0.444. The molecule has 1 aromatic carbocycles. The summed E-state index contributed by atoms with van der Waals surface area (Å²) in [4.78, 5) is 4.24. The highest BCUT2D eigenvalue weighted by Crippen LogP contribution is 2.17. The number of aliphatic imine (C=N–C) groups is 1. The van der Waals surface area contributed by atoms with Crippen molar-refractivity contribution in [3.05, 3.63) is 42.2 Å². The lowest BCUT2D eigenvalue weighted by Crippen LogP contribution is -2.33. The van der Waals surface area contributed by atoms with Gasteiger partial charge in [0.1, 0.15) is 5.75 Å². The van der Waals surface area contributed by atoms with Gasteiger partial charge in [0, 0.05) is 51.7 Å². The fourth-order valence-electron chi connectivity index (χ4n) is 2.25. The van der Waals surface area contributed by atoms with Crippen molar-refractivity contribution < 1.29 is 9.47 Å². The minimum atomic E-state index is 0.632. The van der Waals surface area contributed by atoms with Crippen LogP contribution in [-0.4, -0.2) is 49.7 Å². The number of nitrogens with one attached hydrogen (secondary N) is 2. The van der Waals surface area contributed by atoms with Crippen LogP contribution in [0.4, 0.5) is 5.69 Å². The third kappa shape index (κ3) is 6.84. The van der Waals surface area contributed by atoms with Crippen LogP contribution in [0, 0.1) is 6.92 Å². The topological polar surface area (TPSA) is 72.7 Å². The number of anilines is 1. The number of rotatable bonds is 9. The van der Waals surface area contributed by atoms with E-state index in [1.165, 1.54) is 0 Å². The number of aromatic nitrogens is 2. The van der Waals surface area contributed by atoms with Crippen molar-refractivity contribution in [1.29, 1.82) is 0 Å². The van der Waals surface area contributed by atoms with E-state index in [1.54, 1.807) is 14.2 Å².